The summed E-state index contributed by atoms with van der Waals surface area (Å²) in [5, 5.41) is 32.2. The second-order valence-corrected chi connectivity index (χ2v) is 11.5. The van der Waals surface area contributed by atoms with E-state index in [1.54, 1.807) is 25.1 Å². The number of nitrogens with zero attached hydrogens (tertiary/aromatic N) is 5. The van der Waals surface area contributed by atoms with E-state index < -0.39 is 24.0 Å². The standard InChI is InChI=1S/C34H38N6O5/c1-22(2)19-35-32-28-20-36-40(33(28)38-39-37-32)31-18-29(41)30(45-31)21-44-34(23-8-6-5-7-9-23,24-10-14-26(42-3)15-11-24)25-12-16-27(43-4)17-13-25/h5-17,20,22,29-31,41H,18-19,21H2,1-4H3,(H,35,37,38)/t29-,30+,31+/m0/s1. The van der Waals surface area contributed by atoms with Gasteiger partial charge in [0.15, 0.2) is 17.7 Å². The highest BCUT2D eigenvalue weighted by Gasteiger charge is 2.42. The molecular weight excluding hydrogens is 572 g/mol. The van der Waals surface area contributed by atoms with E-state index in [4.69, 9.17) is 18.9 Å². The van der Waals surface area contributed by atoms with Gasteiger partial charge in [0, 0.05) is 13.0 Å². The largest absolute Gasteiger partial charge is 0.497 e. The Labute approximate surface area is 262 Å². The molecule has 1 aliphatic heterocycles. The minimum absolute atomic E-state index is 0.0955. The number of methoxy groups -OCH3 is 2. The molecule has 5 aromatic rings. The molecule has 1 aliphatic rings. The predicted molar refractivity (Wildman–Crippen MR) is 169 cm³/mol. The highest BCUT2D eigenvalue weighted by Crippen LogP contribution is 2.43. The van der Waals surface area contributed by atoms with Gasteiger partial charge in [-0.15, -0.1) is 10.2 Å². The summed E-state index contributed by atoms with van der Waals surface area (Å²) in [6.45, 7) is 5.07. The van der Waals surface area contributed by atoms with Crippen LogP contribution in [0, 0.1) is 5.92 Å². The summed E-state index contributed by atoms with van der Waals surface area (Å²) in [4.78, 5) is 0. The molecule has 234 valence electrons. The molecule has 0 amide bonds. The predicted octanol–water partition coefficient (Wildman–Crippen LogP) is 4.96. The summed E-state index contributed by atoms with van der Waals surface area (Å²) in [6.07, 6.45) is 0.0128. The molecular formula is C34H38N6O5. The van der Waals surface area contributed by atoms with Crippen molar-refractivity contribution in [1.82, 2.24) is 25.2 Å². The molecule has 3 aromatic carbocycles. The van der Waals surface area contributed by atoms with Crippen LogP contribution in [0.25, 0.3) is 11.0 Å². The van der Waals surface area contributed by atoms with Crippen molar-refractivity contribution in [2.75, 3.05) is 32.7 Å². The zero-order chi connectivity index (χ0) is 31.4. The lowest BCUT2D eigenvalue weighted by atomic mass is 9.80. The quantitative estimate of drug-likeness (QED) is 0.187. The topological polar surface area (TPSA) is 126 Å². The van der Waals surface area contributed by atoms with E-state index in [-0.39, 0.29) is 6.61 Å². The summed E-state index contributed by atoms with van der Waals surface area (Å²) in [7, 11) is 3.28. The van der Waals surface area contributed by atoms with E-state index in [2.05, 4.69) is 39.7 Å². The van der Waals surface area contributed by atoms with E-state index in [0.717, 1.165) is 40.1 Å². The van der Waals surface area contributed by atoms with Crippen LogP contribution in [0.5, 0.6) is 11.5 Å². The van der Waals surface area contributed by atoms with Gasteiger partial charge in [-0.05, 0) is 52.1 Å². The summed E-state index contributed by atoms with van der Waals surface area (Å²) < 4.78 is 26.0. The van der Waals surface area contributed by atoms with Crippen LogP contribution in [0.1, 0.15) is 43.2 Å². The van der Waals surface area contributed by atoms with Gasteiger partial charge in [0.25, 0.3) is 0 Å². The molecule has 0 radical (unpaired) electrons. The summed E-state index contributed by atoms with van der Waals surface area (Å²) in [5.41, 5.74) is 2.21. The molecule has 11 nitrogen and oxygen atoms in total. The van der Waals surface area contributed by atoms with Crippen molar-refractivity contribution in [2.24, 2.45) is 5.92 Å². The number of aliphatic hydroxyl groups excluding tert-OH is 1. The highest BCUT2D eigenvalue weighted by atomic mass is 16.6. The van der Waals surface area contributed by atoms with Gasteiger partial charge in [-0.25, -0.2) is 4.68 Å². The lowest BCUT2D eigenvalue weighted by Crippen LogP contribution is -2.38. The van der Waals surface area contributed by atoms with Gasteiger partial charge in [-0.1, -0.05) is 68.4 Å². The Morgan fingerprint density at radius 3 is 2.13 bits per heavy atom. The Kier molecular flexibility index (Phi) is 8.92. The SMILES string of the molecule is COc1ccc(C(OC[C@H]2O[C@@H](n3ncc4c(NCC(C)C)nnnc43)C[C@@H]2O)(c2ccccc2)c2ccc(OC)cc2)cc1. The van der Waals surface area contributed by atoms with Crippen molar-refractivity contribution in [3.63, 3.8) is 0 Å². The third kappa shape index (κ3) is 6.06. The minimum atomic E-state index is -1.03. The van der Waals surface area contributed by atoms with Crippen molar-refractivity contribution < 1.29 is 24.1 Å². The molecule has 2 N–H and O–H groups in total. The first kappa shape index (κ1) is 30.4. The van der Waals surface area contributed by atoms with Crippen molar-refractivity contribution in [2.45, 2.75) is 44.3 Å². The molecule has 3 atom stereocenters. The van der Waals surface area contributed by atoms with Crippen LogP contribution in [-0.4, -0.2) is 69.9 Å². The van der Waals surface area contributed by atoms with Gasteiger partial charge >= 0.3 is 0 Å². The molecule has 0 saturated carbocycles. The lowest BCUT2D eigenvalue weighted by Gasteiger charge is -2.37. The van der Waals surface area contributed by atoms with E-state index in [1.807, 2.05) is 78.9 Å². The van der Waals surface area contributed by atoms with E-state index in [9.17, 15) is 5.11 Å². The molecule has 0 spiro atoms. The normalized spacial score (nSPS) is 18.4. The number of anilines is 1. The first-order chi connectivity index (χ1) is 21.9. The van der Waals surface area contributed by atoms with E-state index in [1.165, 1.54) is 0 Å². The number of nitrogens with one attached hydrogen (secondary N) is 1. The van der Waals surface area contributed by atoms with Crippen LogP contribution in [0.4, 0.5) is 5.82 Å². The Balaban J connectivity index is 1.32. The first-order valence-electron chi connectivity index (χ1n) is 15.1. The summed E-state index contributed by atoms with van der Waals surface area (Å²) in [5.74, 6) is 2.52. The maximum Gasteiger partial charge on any atom is 0.188 e. The maximum atomic E-state index is 11.2. The number of ether oxygens (including phenoxy) is 4. The second kappa shape index (κ2) is 13.2. The van der Waals surface area contributed by atoms with Gasteiger partial charge in [-0.3, -0.25) is 0 Å². The van der Waals surface area contributed by atoms with E-state index >= 15 is 0 Å². The second-order valence-electron chi connectivity index (χ2n) is 11.5. The Morgan fingerprint density at radius 1 is 0.911 bits per heavy atom. The van der Waals surface area contributed by atoms with Crippen LogP contribution in [0.15, 0.2) is 85.1 Å². The van der Waals surface area contributed by atoms with Crippen LogP contribution >= 0.6 is 0 Å². The van der Waals surface area contributed by atoms with Crippen LogP contribution in [0.2, 0.25) is 0 Å². The molecule has 0 aliphatic carbocycles. The first-order valence-corrected chi connectivity index (χ1v) is 15.1. The molecule has 2 aromatic heterocycles. The molecule has 1 fully saturated rings. The minimum Gasteiger partial charge on any atom is -0.497 e. The van der Waals surface area contributed by atoms with Gasteiger partial charge in [0.05, 0.1) is 38.5 Å². The Bertz CT molecular complexity index is 1650. The molecule has 45 heavy (non-hydrogen) atoms. The fraction of sp³-hybridized carbons (Fsp3) is 0.353. The number of aromatic nitrogens is 5. The van der Waals surface area contributed by atoms with Crippen molar-refractivity contribution in [3.8, 4) is 11.5 Å². The Morgan fingerprint density at radius 2 is 1.53 bits per heavy atom. The third-order valence-electron chi connectivity index (χ3n) is 8.10. The molecule has 6 rings (SSSR count). The van der Waals surface area contributed by atoms with Crippen molar-refractivity contribution in [3.05, 3.63) is 102 Å². The molecule has 0 bridgehead atoms. The van der Waals surface area contributed by atoms with Gasteiger partial charge in [-0.2, -0.15) is 5.10 Å². The monoisotopic (exact) mass is 610 g/mol. The fourth-order valence-electron chi connectivity index (χ4n) is 5.72. The number of aliphatic hydroxyl groups is 1. The van der Waals surface area contributed by atoms with E-state index in [0.29, 0.717) is 23.8 Å². The average Bonchev–Trinajstić information content (AvgIpc) is 3.68. The number of hydrogen-bond acceptors (Lipinski definition) is 10. The lowest BCUT2D eigenvalue weighted by molar-refractivity contribution is -0.0950. The fourth-order valence-corrected chi connectivity index (χ4v) is 5.72. The number of hydrogen-bond donors (Lipinski definition) is 2. The smallest absolute Gasteiger partial charge is 0.188 e. The van der Waals surface area contributed by atoms with Crippen LogP contribution in [-0.2, 0) is 15.1 Å². The third-order valence-corrected chi connectivity index (χ3v) is 8.10. The van der Waals surface area contributed by atoms with Gasteiger partial charge in [0.1, 0.15) is 23.2 Å². The maximum absolute atomic E-state index is 11.2. The van der Waals surface area contributed by atoms with Gasteiger partial charge < -0.3 is 29.4 Å². The number of benzene rings is 3. The summed E-state index contributed by atoms with van der Waals surface area (Å²) >= 11 is 0. The molecule has 11 heteroatoms. The van der Waals surface area contributed by atoms with Crippen LogP contribution < -0.4 is 14.8 Å². The Hall–Kier alpha value is -4.58. The molecule has 3 heterocycles. The number of fused-ring (bicyclic) bond motifs is 1. The van der Waals surface area contributed by atoms with Crippen molar-refractivity contribution >= 4 is 16.9 Å². The highest BCUT2D eigenvalue weighted by molar-refractivity contribution is 5.85. The zero-order valence-corrected chi connectivity index (χ0v) is 25.8. The summed E-state index contributed by atoms with van der Waals surface area (Å²) in [6, 6.07) is 25.7. The average molecular weight is 611 g/mol. The number of rotatable bonds is 12. The van der Waals surface area contributed by atoms with Crippen LogP contribution in [0.3, 0.4) is 0 Å². The molecule has 1 saturated heterocycles. The molecule has 0 unspecified atom stereocenters. The van der Waals surface area contributed by atoms with Gasteiger partial charge in [0.2, 0.25) is 0 Å². The van der Waals surface area contributed by atoms with Crippen molar-refractivity contribution in [1.29, 1.82) is 0 Å². The zero-order valence-electron chi connectivity index (χ0n) is 25.8.